The van der Waals surface area contributed by atoms with E-state index >= 15 is 0 Å². The molecule has 10 heteroatoms. The summed E-state index contributed by atoms with van der Waals surface area (Å²) in [6, 6.07) is 11.4. The highest BCUT2D eigenvalue weighted by atomic mass is 16.5. The van der Waals surface area contributed by atoms with Crippen molar-refractivity contribution in [3.63, 3.8) is 0 Å². The zero-order valence-corrected chi connectivity index (χ0v) is 17.1. The normalized spacial score (nSPS) is 16.5. The highest BCUT2D eigenvalue weighted by Crippen LogP contribution is 2.25. The van der Waals surface area contributed by atoms with Crippen molar-refractivity contribution in [2.24, 2.45) is 0 Å². The van der Waals surface area contributed by atoms with Gasteiger partial charge in [0.2, 0.25) is 5.82 Å². The van der Waals surface area contributed by atoms with Gasteiger partial charge in [-0.2, -0.15) is 10.1 Å². The monoisotopic (exact) mass is 418 g/mol. The summed E-state index contributed by atoms with van der Waals surface area (Å²) in [6.07, 6.45) is 5.27. The molecule has 158 valence electrons. The standard InChI is InChI=1S/C21H22N8O2/c1-2-28-18(10-11-22-28)21(30)27-12-6-9-16(13-27)29-14-17(24-26-29)20-23-19(25-31-20)15-7-4-3-5-8-15/h3-5,7-8,10-11,14,16H,2,6,9,12-13H2,1H3/t16-/m1/s1. The third kappa shape index (κ3) is 3.72. The average Bonchev–Trinajstić information content (AvgIpc) is 3.59. The third-order valence-electron chi connectivity index (χ3n) is 5.48. The lowest BCUT2D eigenvalue weighted by molar-refractivity contribution is 0.0659. The largest absolute Gasteiger partial charge is 0.335 e. The van der Waals surface area contributed by atoms with Crippen LogP contribution in [-0.4, -0.2) is 58.8 Å². The summed E-state index contributed by atoms with van der Waals surface area (Å²) in [5.41, 5.74) is 2.00. The Morgan fingerprint density at radius 2 is 2.10 bits per heavy atom. The molecule has 1 aliphatic heterocycles. The van der Waals surface area contributed by atoms with Gasteiger partial charge < -0.3 is 9.42 Å². The van der Waals surface area contributed by atoms with Crippen LogP contribution in [0.1, 0.15) is 36.3 Å². The number of nitrogens with zero attached hydrogens (tertiary/aromatic N) is 8. The van der Waals surface area contributed by atoms with E-state index in [1.54, 1.807) is 27.8 Å². The van der Waals surface area contributed by atoms with Gasteiger partial charge in [-0.3, -0.25) is 9.48 Å². The smallest absolute Gasteiger partial charge is 0.280 e. The molecule has 1 atom stereocenters. The van der Waals surface area contributed by atoms with E-state index in [4.69, 9.17) is 4.52 Å². The molecule has 5 rings (SSSR count). The Labute approximate surface area is 178 Å². The number of aryl methyl sites for hydroxylation is 1. The molecule has 3 aromatic heterocycles. The molecule has 1 fully saturated rings. The van der Waals surface area contributed by atoms with E-state index in [9.17, 15) is 4.79 Å². The second-order valence-electron chi connectivity index (χ2n) is 7.45. The van der Waals surface area contributed by atoms with Gasteiger partial charge in [0.1, 0.15) is 5.69 Å². The van der Waals surface area contributed by atoms with E-state index in [-0.39, 0.29) is 11.9 Å². The van der Waals surface area contributed by atoms with Crippen LogP contribution in [0, 0.1) is 0 Å². The lowest BCUT2D eigenvalue weighted by atomic mass is 10.1. The van der Waals surface area contributed by atoms with Gasteiger partial charge in [-0.25, -0.2) is 4.68 Å². The van der Waals surface area contributed by atoms with Crippen molar-refractivity contribution in [2.45, 2.75) is 32.4 Å². The molecule has 0 unspecified atom stereocenters. The van der Waals surface area contributed by atoms with Gasteiger partial charge >= 0.3 is 0 Å². The van der Waals surface area contributed by atoms with Crippen LogP contribution >= 0.6 is 0 Å². The SMILES string of the molecule is CCn1nccc1C(=O)N1CCC[C@@H](n2cc(-c3nc(-c4ccccc4)no3)nn2)C1. The van der Waals surface area contributed by atoms with Crippen molar-refractivity contribution < 1.29 is 9.32 Å². The van der Waals surface area contributed by atoms with E-state index in [1.165, 1.54) is 0 Å². The molecule has 1 aromatic carbocycles. The Bertz CT molecular complexity index is 1180. The molecule has 0 bridgehead atoms. The number of benzene rings is 1. The predicted octanol–water partition coefficient (Wildman–Crippen LogP) is 2.69. The number of aromatic nitrogens is 7. The van der Waals surface area contributed by atoms with E-state index in [1.807, 2.05) is 42.2 Å². The van der Waals surface area contributed by atoms with E-state index in [0.29, 0.717) is 36.2 Å². The van der Waals surface area contributed by atoms with Gasteiger partial charge in [0.05, 0.1) is 12.2 Å². The van der Waals surface area contributed by atoms with Crippen LogP contribution in [0.3, 0.4) is 0 Å². The van der Waals surface area contributed by atoms with Crippen LogP contribution in [-0.2, 0) is 6.54 Å². The minimum absolute atomic E-state index is 0.00575. The Morgan fingerprint density at radius 1 is 1.23 bits per heavy atom. The molecule has 0 spiro atoms. The number of amides is 1. The van der Waals surface area contributed by atoms with Crippen LogP contribution in [0.15, 0.2) is 53.3 Å². The predicted molar refractivity (Wildman–Crippen MR) is 111 cm³/mol. The minimum Gasteiger partial charge on any atom is -0.335 e. The molecule has 1 amide bonds. The molecular weight excluding hydrogens is 396 g/mol. The zero-order chi connectivity index (χ0) is 21.2. The van der Waals surface area contributed by atoms with Crippen molar-refractivity contribution >= 4 is 5.91 Å². The van der Waals surface area contributed by atoms with Crippen molar-refractivity contribution in [1.29, 1.82) is 0 Å². The quantitative estimate of drug-likeness (QED) is 0.490. The second kappa shape index (κ2) is 8.13. The molecule has 1 aliphatic rings. The van der Waals surface area contributed by atoms with Crippen LogP contribution in [0.25, 0.3) is 23.0 Å². The summed E-state index contributed by atoms with van der Waals surface area (Å²) in [5, 5.41) is 16.7. The third-order valence-corrected chi connectivity index (χ3v) is 5.48. The maximum atomic E-state index is 13.0. The van der Waals surface area contributed by atoms with Gasteiger partial charge in [-0.15, -0.1) is 5.10 Å². The fraction of sp³-hybridized carbons (Fsp3) is 0.333. The van der Waals surface area contributed by atoms with E-state index < -0.39 is 0 Å². The summed E-state index contributed by atoms with van der Waals surface area (Å²) in [6.45, 7) is 3.92. The first-order valence-electron chi connectivity index (χ1n) is 10.4. The number of rotatable bonds is 5. The Hall–Kier alpha value is -3.82. The van der Waals surface area contributed by atoms with Crippen LogP contribution < -0.4 is 0 Å². The lowest BCUT2D eigenvalue weighted by Gasteiger charge is -2.32. The molecule has 1 saturated heterocycles. The van der Waals surface area contributed by atoms with Gasteiger partial charge in [0.15, 0.2) is 5.69 Å². The van der Waals surface area contributed by atoms with Crippen molar-refractivity contribution in [1.82, 2.24) is 39.8 Å². The fourth-order valence-corrected chi connectivity index (χ4v) is 3.87. The Kier molecular flexibility index (Phi) is 5.03. The minimum atomic E-state index is -0.00575. The Morgan fingerprint density at radius 3 is 2.94 bits per heavy atom. The highest BCUT2D eigenvalue weighted by molar-refractivity contribution is 5.92. The molecule has 0 N–H and O–H groups in total. The molecule has 4 heterocycles. The van der Waals surface area contributed by atoms with Crippen molar-refractivity contribution in [2.75, 3.05) is 13.1 Å². The average molecular weight is 418 g/mol. The summed E-state index contributed by atoms with van der Waals surface area (Å²) in [5.74, 6) is 0.821. The molecule has 31 heavy (non-hydrogen) atoms. The van der Waals surface area contributed by atoms with Gasteiger partial charge in [0, 0.05) is 31.4 Å². The second-order valence-corrected chi connectivity index (χ2v) is 7.45. The lowest BCUT2D eigenvalue weighted by Crippen LogP contribution is -2.41. The maximum absolute atomic E-state index is 13.0. The van der Waals surface area contributed by atoms with Gasteiger partial charge in [-0.1, -0.05) is 40.7 Å². The number of piperidine rings is 1. The Balaban J connectivity index is 1.32. The molecule has 0 radical (unpaired) electrons. The first-order valence-corrected chi connectivity index (χ1v) is 10.4. The number of likely N-dealkylation sites (tertiary alicyclic amines) is 1. The van der Waals surface area contributed by atoms with Crippen LogP contribution in [0.4, 0.5) is 0 Å². The maximum Gasteiger partial charge on any atom is 0.280 e. The summed E-state index contributed by atoms with van der Waals surface area (Å²) in [4.78, 5) is 19.3. The molecule has 0 saturated carbocycles. The first kappa shape index (κ1) is 19.2. The molecule has 0 aliphatic carbocycles. The summed E-state index contributed by atoms with van der Waals surface area (Å²) >= 11 is 0. The number of carbonyl (C=O) groups excluding carboxylic acids is 1. The number of hydrogen-bond acceptors (Lipinski definition) is 7. The zero-order valence-electron chi connectivity index (χ0n) is 17.1. The summed E-state index contributed by atoms with van der Waals surface area (Å²) < 4.78 is 8.90. The van der Waals surface area contributed by atoms with Crippen molar-refractivity contribution in [3.8, 4) is 23.0 Å². The number of carbonyl (C=O) groups is 1. The van der Waals surface area contributed by atoms with Crippen molar-refractivity contribution in [3.05, 3.63) is 54.5 Å². The van der Waals surface area contributed by atoms with E-state index in [2.05, 4.69) is 25.6 Å². The van der Waals surface area contributed by atoms with Gasteiger partial charge in [-0.05, 0) is 25.8 Å². The topological polar surface area (TPSA) is 108 Å². The van der Waals surface area contributed by atoms with Crippen LogP contribution in [0.5, 0.6) is 0 Å². The first-order chi connectivity index (χ1) is 15.2. The highest BCUT2D eigenvalue weighted by Gasteiger charge is 2.28. The fourth-order valence-electron chi connectivity index (χ4n) is 3.87. The van der Waals surface area contributed by atoms with E-state index in [0.717, 1.165) is 24.9 Å². The summed E-state index contributed by atoms with van der Waals surface area (Å²) in [7, 11) is 0. The molecule has 10 nitrogen and oxygen atoms in total. The molecule has 4 aromatic rings. The molecular formula is C21H22N8O2. The number of hydrogen-bond donors (Lipinski definition) is 0. The van der Waals surface area contributed by atoms with Gasteiger partial charge in [0.25, 0.3) is 11.8 Å². The van der Waals surface area contributed by atoms with Crippen LogP contribution in [0.2, 0.25) is 0 Å².